The van der Waals surface area contributed by atoms with Crippen molar-refractivity contribution in [1.29, 1.82) is 0 Å². The fraction of sp³-hybridized carbons (Fsp3) is 0.250. The molecule has 1 heterocycles. The number of Topliss-reactive ketones (excluding diaryl/α,β-unsaturated/α-hetero) is 1. The van der Waals surface area contributed by atoms with E-state index in [1.54, 1.807) is 6.07 Å². The monoisotopic (exact) mass is 263 g/mol. The third kappa shape index (κ3) is 2.38. The van der Waals surface area contributed by atoms with Gasteiger partial charge < -0.3 is 0 Å². The summed E-state index contributed by atoms with van der Waals surface area (Å²) < 4.78 is 1.53. The molecule has 94 valence electrons. The fourth-order valence-corrected chi connectivity index (χ4v) is 2.68. The minimum absolute atomic E-state index is 0.000897. The van der Waals surface area contributed by atoms with Crippen LogP contribution in [-0.4, -0.2) is 20.5 Å². The van der Waals surface area contributed by atoms with Gasteiger partial charge in [-0.05, 0) is 31.7 Å². The van der Waals surface area contributed by atoms with Crippen LogP contribution in [0.2, 0.25) is 0 Å². The molecule has 1 aromatic heterocycles. The van der Waals surface area contributed by atoms with Crippen molar-refractivity contribution in [2.75, 3.05) is 0 Å². The van der Waals surface area contributed by atoms with E-state index >= 15 is 0 Å². The summed E-state index contributed by atoms with van der Waals surface area (Å²) >= 11 is 1.31. The Morgan fingerprint density at radius 3 is 2.83 bits per heavy atom. The van der Waals surface area contributed by atoms with Crippen LogP contribution in [0.1, 0.15) is 24.2 Å². The largest absolute Gasteiger partial charge is 0.343 e. The predicted molar refractivity (Wildman–Crippen MR) is 69.1 cm³/mol. The Morgan fingerprint density at radius 2 is 2.17 bits per heavy atom. The number of nitrogens with zero attached hydrogens (tertiary/aromatic N) is 2. The summed E-state index contributed by atoms with van der Waals surface area (Å²) in [5, 5.41) is 6.93. The van der Waals surface area contributed by atoms with E-state index in [0.717, 1.165) is 4.90 Å². The van der Waals surface area contributed by atoms with Gasteiger partial charge in [-0.2, -0.15) is 0 Å². The van der Waals surface area contributed by atoms with Gasteiger partial charge in [-0.25, -0.2) is 9.89 Å². The summed E-state index contributed by atoms with van der Waals surface area (Å²) in [6.45, 7) is 3.94. The zero-order chi connectivity index (χ0) is 13.1. The van der Waals surface area contributed by atoms with Gasteiger partial charge in [0.15, 0.2) is 10.9 Å². The normalized spacial score (nSPS) is 10.6. The third-order valence-electron chi connectivity index (χ3n) is 2.51. The number of hydrogen-bond acceptors (Lipinski definition) is 4. The molecule has 0 amide bonds. The smallest absolute Gasteiger partial charge is 0.294 e. The van der Waals surface area contributed by atoms with Crippen molar-refractivity contribution in [2.45, 2.75) is 30.4 Å². The van der Waals surface area contributed by atoms with Gasteiger partial charge in [-0.3, -0.25) is 9.36 Å². The standard InChI is InChI=1S/C12H13N3O2S/c1-3-15-11(17)13-14-12(15)18-10-7-5-4-6-9(10)8(2)16/h4-7H,3H2,1-2H3,(H,13,17). The van der Waals surface area contributed by atoms with Crippen molar-refractivity contribution in [2.24, 2.45) is 0 Å². The van der Waals surface area contributed by atoms with Crippen molar-refractivity contribution < 1.29 is 4.79 Å². The fourth-order valence-electron chi connectivity index (χ4n) is 1.60. The summed E-state index contributed by atoms with van der Waals surface area (Å²) in [5.41, 5.74) is 0.404. The van der Waals surface area contributed by atoms with Crippen molar-refractivity contribution >= 4 is 17.5 Å². The average molecular weight is 263 g/mol. The molecule has 0 aliphatic heterocycles. The Morgan fingerprint density at radius 1 is 1.44 bits per heavy atom. The SMILES string of the molecule is CCn1c(Sc2ccccc2C(C)=O)n[nH]c1=O. The van der Waals surface area contributed by atoms with E-state index in [1.807, 2.05) is 25.1 Å². The van der Waals surface area contributed by atoms with Crippen LogP contribution in [0.5, 0.6) is 0 Å². The molecule has 0 spiro atoms. The second-order valence-corrected chi connectivity index (χ2v) is 4.72. The maximum atomic E-state index is 11.5. The van der Waals surface area contributed by atoms with Gasteiger partial charge in [0.25, 0.3) is 0 Å². The summed E-state index contributed by atoms with van der Waals surface area (Å²) in [5.74, 6) is -0.000897. The van der Waals surface area contributed by atoms with E-state index in [-0.39, 0.29) is 11.5 Å². The molecular formula is C12H13N3O2S. The second-order valence-electron chi connectivity index (χ2n) is 3.71. The summed E-state index contributed by atoms with van der Waals surface area (Å²) in [6, 6.07) is 7.29. The minimum atomic E-state index is -0.236. The Balaban J connectivity index is 2.40. The zero-order valence-corrected chi connectivity index (χ0v) is 11.0. The Labute approximate surface area is 108 Å². The van der Waals surface area contributed by atoms with Gasteiger partial charge >= 0.3 is 5.69 Å². The van der Waals surface area contributed by atoms with Crippen LogP contribution < -0.4 is 5.69 Å². The predicted octanol–water partition coefficient (Wildman–Crippen LogP) is 1.95. The van der Waals surface area contributed by atoms with Crippen LogP contribution in [0, 0.1) is 0 Å². The molecule has 0 aliphatic rings. The lowest BCUT2D eigenvalue weighted by molar-refractivity contribution is 0.101. The van der Waals surface area contributed by atoms with E-state index in [0.29, 0.717) is 17.3 Å². The first-order chi connectivity index (χ1) is 8.63. The van der Waals surface area contributed by atoms with Crippen molar-refractivity contribution in [1.82, 2.24) is 14.8 Å². The van der Waals surface area contributed by atoms with Gasteiger partial charge in [0.1, 0.15) is 0 Å². The highest BCUT2D eigenvalue weighted by molar-refractivity contribution is 7.99. The first-order valence-electron chi connectivity index (χ1n) is 5.56. The minimum Gasteiger partial charge on any atom is -0.294 e. The van der Waals surface area contributed by atoms with Crippen molar-refractivity contribution in [3.05, 3.63) is 40.3 Å². The molecule has 5 nitrogen and oxygen atoms in total. The molecule has 2 aromatic rings. The number of hydrogen-bond donors (Lipinski definition) is 1. The third-order valence-corrected chi connectivity index (χ3v) is 3.58. The van der Waals surface area contributed by atoms with Crippen LogP contribution in [0.3, 0.4) is 0 Å². The van der Waals surface area contributed by atoms with E-state index in [9.17, 15) is 9.59 Å². The lowest BCUT2D eigenvalue weighted by Crippen LogP contribution is -2.16. The molecule has 0 fully saturated rings. The first kappa shape index (κ1) is 12.6. The quantitative estimate of drug-likeness (QED) is 0.856. The molecule has 0 bridgehead atoms. The molecule has 0 saturated heterocycles. The molecule has 18 heavy (non-hydrogen) atoms. The van der Waals surface area contributed by atoms with Gasteiger partial charge in [-0.15, -0.1) is 5.10 Å². The van der Waals surface area contributed by atoms with Crippen LogP contribution in [0.4, 0.5) is 0 Å². The molecule has 0 unspecified atom stereocenters. The zero-order valence-electron chi connectivity index (χ0n) is 10.1. The van der Waals surface area contributed by atoms with E-state index in [2.05, 4.69) is 10.2 Å². The number of benzene rings is 1. The van der Waals surface area contributed by atoms with Gasteiger partial charge in [0.2, 0.25) is 0 Å². The highest BCUT2D eigenvalue weighted by Crippen LogP contribution is 2.28. The van der Waals surface area contributed by atoms with E-state index in [4.69, 9.17) is 0 Å². The Bertz CT molecular complexity index is 630. The Hall–Kier alpha value is -1.82. The molecular weight excluding hydrogens is 250 g/mol. The number of nitrogens with one attached hydrogen (secondary N) is 1. The van der Waals surface area contributed by atoms with Crippen LogP contribution in [0.15, 0.2) is 39.1 Å². The van der Waals surface area contributed by atoms with E-state index < -0.39 is 0 Å². The highest BCUT2D eigenvalue weighted by Gasteiger charge is 2.12. The molecule has 0 aliphatic carbocycles. The van der Waals surface area contributed by atoms with Gasteiger partial charge in [-0.1, -0.05) is 18.2 Å². The maximum Gasteiger partial charge on any atom is 0.343 e. The molecule has 1 N–H and O–H groups in total. The van der Waals surface area contributed by atoms with Crippen molar-refractivity contribution in [3.8, 4) is 0 Å². The van der Waals surface area contributed by atoms with Crippen molar-refractivity contribution in [3.63, 3.8) is 0 Å². The van der Waals surface area contributed by atoms with Gasteiger partial charge in [0, 0.05) is 17.0 Å². The molecule has 2 rings (SSSR count). The molecule has 1 aromatic carbocycles. The number of H-pyrrole nitrogens is 1. The lowest BCUT2D eigenvalue weighted by atomic mass is 10.1. The number of ketones is 1. The molecule has 0 radical (unpaired) electrons. The maximum absolute atomic E-state index is 11.5. The summed E-state index contributed by atoms with van der Waals surface area (Å²) in [7, 11) is 0. The Kier molecular flexibility index (Phi) is 3.66. The number of carbonyl (C=O) groups is 1. The summed E-state index contributed by atoms with van der Waals surface area (Å²) in [6.07, 6.45) is 0. The first-order valence-corrected chi connectivity index (χ1v) is 6.38. The van der Waals surface area contributed by atoms with Crippen LogP contribution >= 0.6 is 11.8 Å². The number of carbonyl (C=O) groups excluding carboxylic acids is 1. The van der Waals surface area contributed by atoms with E-state index in [1.165, 1.54) is 23.3 Å². The van der Waals surface area contributed by atoms with Crippen LogP contribution in [0.25, 0.3) is 0 Å². The average Bonchev–Trinajstić information content (AvgIpc) is 2.70. The lowest BCUT2D eigenvalue weighted by Gasteiger charge is -2.05. The number of aromatic nitrogens is 3. The molecule has 6 heteroatoms. The molecule has 0 saturated carbocycles. The topological polar surface area (TPSA) is 67.8 Å². The molecule has 0 atom stereocenters. The van der Waals surface area contributed by atoms with Gasteiger partial charge in [0.05, 0.1) is 0 Å². The highest BCUT2D eigenvalue weighted by atomic mass is 32.2. The second kappa shape index (κ2) is 5.22. The number of aromatic amines is 1. The summed E-state index contributed by atoms with van der Waals surface area (Å²) in [4.78, 5) is 23.8. The van der Waals surface area contributed by atoms with Crippen LogP contribution in [-0.2, 0) is 6.54 Å². The number of rotatable bonds is 4.